The second kappa shape index (κ2) is 6.12. The predicted octanol–water partition coefficient (Wildman–Crippen LogP) is 3.83. The molecular weight excluding hydrogens is 242 g/mol. The number of furan rings is 1. The number of hydrogen-bond donors (Lipinski definition) is 1. The highest BCUT2D eigenvalue weighted by Gasteiger charge is 2.07. The van der Waals surface area contributed by atoms with Crippen LogP contribution in [0.25, 0.3) is 0 Å². The van der Waals surface area contributed by atoms with Crippen LogP contribution in [0.15, 0.2) is 41.0 Å². The molecule has 0 amide bonds. The van der Waals surface area contributed by atoms with Crippen molar-refractivity contribution < 1.29 is 4.42 Å². The van der Waals surface area contributed by atoms with Crippen molar-refractivity contribution in [2.24, 2.45) is 5.73 Å². The van der Waals surface area contributed by atoms with Crippen LogP contribution in [0, 0.1) is 13.8 Å². The van der Waals surface area contributed by atoms with Crippen molar-refractivity contribution in [3.8, 4) is 0 Å². The molecule has 0 spiro atoms. The Morgan fingerprint density at radius 1 is 1.22 bits per heavy atom. The molecule has 0 fully saturated rings. The minimum Gasteiger partial charge on any atom is -0.468 e. The van der Waals surface area contributed by atoms with E-state index in [-0.39, 0.29) is 6.04 Å². The van der Waals surface area contributed by atoms with Gasteiger partial charge in [-0.15, -0.1) is 0 Å². The lowest BCUT2D eigenvalue weighted by molar-refractivity contribution is 0.530. The zero-order valence-electron chi connectivity index (χ0n) is 10.8. The number of rotatable bonds is 5. The van der Waals surface area contributed by atoms with Gasteiger partial charge in [-0.3, -0.25) is 0 Å². The van der Waals surface area contributed by atoms with E-state index in [0.717, 1.165) is 17.3 Å². The average molecular weight is 261 g/mol. The highest BCUT2D eigenvalue weighted by molar-refractivity contribution is 7.98. The lowest BCUT2D eigenvalue weighted by Crippen LogP contribution is -2.13. The van der Waals surface area contributed by atoms with Crippen molar-refractivity contribution >= 4 is 11.8 Å². The van der Waals surface area contributed by atoms with Crippen molar-refractivity contribution in [3.63, 3.8) is 0 Å². The Bertz CT molecular complexity index is 473. The van der Waals surface area contributed by atoms with Crippen LogP contribution in [-0.4, -0.2) is 5.75 Å². The third-order valence-electron chi connectivity index (χ3n) is 2.79. The molecule has 1 heterocycles. The van der Waals surface area contributed by atoms with Crippen LogP contribution >= 0.6 is 11.8 Å². The first kappa shape index (κ1) is 13.2. The SMILES string of the molecule is Cc1cc(C)cc(C(N)CSCc2ccco2)c1. The van der Waals surface area contributed by atoms with Gasteiger partial charge < -0.3 is 10.2 Å². The molecule has 18 heavy (non-hydrogen) atoms. The Morgan fingerprint density at radius 2 is 1.94 bits per heavy atom. The van der Waals surface area contributed by atoms with E-state index in [1.165, 1.54) is 16.7 Å². The molecule has 2 N–H and O–H groups in total. The number of nitrogens with two attached hydrogens (primary N) is 1. The van der Waals surface area contributed by atoms with E-state index in [1.807, 2.05) is 12.1 Å². The van der Waals surface area contributed by atoms with E-state index >= 15 is 0 Å². The Balaban J connectivity index is 1.89. The molecule has 0 aliphatic rings. The second-order valence-corrected chi connectivity index (χ2v) is 5.65. The maximum Gasteiger partial charge on any atom is 0.113 e. The molecule has 0 saturated heterocycles. The fraction of sp³-hybridized carbons (Fsp3) is 0.333. The standard InChI is InChI=1S/C15H19NOS/c1-11-6-12(2)8-13(7-11)15(16)10-18-9-14-4-3-5-17-14/h3-8,15H,9-10,16H2,1-2H3. The van der Waals surface area contributed by atoms with Crippen molar-refractivity contribution in [3.05, 3.63) is 59.0 Å². The molecule has 0 aliphatic carbocycles. The molecule has 0 radical (unpaired) electrons. The van der Waals surface area contributed by atoms with Crippen molar-refractivity contribution in [1.82, 2.24) is 0 Å². The summed E-state index contributed by atoms with van der Waals surface area (Å²) >= 11 is 1.81. The number of thioether (sulfide) groups is 1. The third kappa shape index (κ3) is 3.65. The summed E-state index contributed by atoms with van der Waals surface area (Å²) in [5, 5.41) is 0. The molecule has 0 saturated carbocycles. The van der Waals surface area contributed by atoms with Crippen LogP contribution in [0.1, 0.15) is 28.5 Å². The van der Waals surface area contributed by atoms with Crippen LogP contribution in [-0.2, 0) is 5.75 Å². The maximum absolute atomic E-state index is 6.22. The van der Waals surface area contributed by atoms with Gasteiger partial charge >= 0.3 is 0 Å². The van der Waals surface area contributed by atoms with Gasteiger partial charge in [-0.05, 0) is 31.5 Å². The summed E-state index contributed by atoms with van der Waals surface area (Å²) < 4.78 is 5.30. The van der Waals surface area contributed by atoms with Crippen LogP contribution in [0.4, 0.5) is 0 Å². The van der Waals surface area contributed by atoms with Crippen LogP contribution in [0.5, 0.6) is 0 Å². The molecule has 2 rings (SSSR count). The lowest BCUT2D eigenvalue weighted by Gasteiger charge is -2.13. The molecule has 96 valence electrons. The summed E-state index contributed by atoms with van der Waals surface area (Å²) in [5.41, 5.74) is 9.99. The smallest absolute Gasteiger partial charge is 0.113 e. The van der Waals surface area contributed by atoms with Crippen LogP contribution < -0.4 is 5.73 Å². The van der Waals surface area contributed by atoms with E-state index in [1.54, 1.807) is 18.0 Å². The molecule has 2 nitrogen and oxygen atoms in total. The molecule has 0 aliphatic heterocycles. The molecule has 1 atom stereocenters. The van der Waals surface area contributed by atoms with Gasteiger partial charge in [0.15, 0.2) is 0 Å². The Labute approximate surface area is 113 Å². The number of aryl methyl sites for hydroxylation is 2. The summed E-state index contributed by atoms with van der Waals surface area (Å²) in [7, 11) is 0. The van der Waals surface area contributed by atoms with Crippen LogP contribution in [0.2, 0.25) is 0 Å². The van der Waals surface area contributed by atoms with Crippen molar-refractivity contribution in [2.45, 2.75) is 25.6 Å². The van der Waals surface area contributed by atoms with Gasteiger partial charge in [0.25, 0.3) is 0 Å². The van der Waals surface area contributed by atoms with Gasteiger partial charge in [0.05, 0.1) is 12.0 Å². The van der Waals surface area contributed by atoms with Gasteiger partial charge in [0.1, 0.15) is 5.76 Å². The number of benzene rings is 1. The first-order chi connectivity index (χ1) is 8.65. The van der Waals surface area contributed by atoms with Gasteiger partial charge in [0, 0.05) is 11.8 Å². The molecule has 2 aromatic rings. The largest absolute Gasteiger partial charge is 0.468 e. The van der Waals surface area contributed by atoms with Gasteiger partial charge in [-0.25, -0.2) is 0 Å². The fourth-order valence-electron chi connectivity index (χ4n) is 2.00. The van der Waals surface area contributed by atoms with E-state index in [9.17, 15) is 0 Å². The minimum atomic E-state index is 0.0866. The summed E-state index contributed by atoms with van der Waals surface area (Å²) in [4.78, 5) is 0. The topological polar surface area (TPSA) is 39.2 Å². The predicted molar refractivity (Wildman–Crippen MR) is 77.7 cm³/mol. The zero-order valence-corrected chi connectivity index (χ0v) is 11.7. The third-order valence-corrected chi connectivity index (χ3v) is 3.88. The van der Waals surface area contributed by atoms with Crippen LogP contribution in [0.3, 0.4) is 0 Å². The average Bonchev–Trinajstić information content (AvgIpc) is 2.80. The van der Waals surface area contributed by atoms with E-state index in [0.29, 0.717) is 0 Å². The molecular formula is C15H19NOS. The van der Waals surface area contributed by atoms with Gasteiger partial charge in [0.2, 0.25) is 0 Å². The molecule has 0 bridgehead atoms. The fourth-order valence-corrected chi connectivity index (χ4v) is 2.93. The van der Waals surface area contributed by atoms with E-state index in [4.69, 9.17) is 10.2 Å². The van der Waals surface area contributed by atoms with Gasteiger partial charge in [-0.2, -0.15) is 11.8 Å². The quantitative estimate of drug-likeness (QED) is 0.889. The highest BCUT2D eigenvalue weighted by atomic mass is 32.2. The summed E-state index contributed by atoms with van der Waals surface area (Å²) in [6, 6.07) is 10.5. The second-order valence-electron chi connectivity index (χ2n) is 4.62. The normalized spacial score (nSPS) is 12.6. The molecule has 1 aromatic heterocycles. The summed E-state index contributed by atoms with van der Waals surface area (Å²) in [5.74, 6) is 2.79. The first-order valence-corrected chi connectivity index (χ1v) is 7.24. The minimum absolute atomic E-state index is 0.0866. The van der Waals surface area contributed by atoms with Crippen molar-refractivity contribution in [2.75, 3.05) is 5.75 Å². The molecule has 1 aromatic carbocycles. The highest BCUT2D eigenvalue weighted by Crippen LogP contribution is 2.21. The maximum atomic E-state index is 6.22. The lowest BCUT2D eigenvalue weighted by atomic mass is 10.0. The Hall–Kier alpha value is -1.19. The first-order valence-electron chi connectivity index (χ1n) is 6.09. The number of hydrogen-bond acceptors (Lipinski definition) is 3. The van der Waals surface area contributed by atoms with E-state index < -0.39 is 0 Å². The zero-order chi connectivity index (χ0) is 13.0. The van der Waals surface area contributed by atoms with Gasteiger partial charge in [-0.1, -0.05) is 29.3 Å². The summed E-state index contributed by atoms with van der Waals surface area (Å²) in [6.07, 6.45) is 1.71. The Morgan fingerprint density at radius 3 is 2.56 bits per heavy atom. The molecule has 3 heteroatoms. The van der Waals surface area contributed by atoms with E-state index in [2.05, 4.69) is 32.0 Å². The monoisotopic (exact) mass is 261 g/mol. The summed E-state index contributed by atoms with van der Waals surface area (Å²) in [6.45, 7) is 4.22. The van der Waals surface area contributed by atoms with Crippen molar-refractivity contribution in [1.29, 1.82) is 0 Å². The molecule has 1 unspecified atom stereocenters. The Kier molecular flexibility index (Phi) is 4.50.